The van der Waals surface area contributed by atoms with Crippen LogP contribution in [0.4, 0.5) is 4.79 Å². The summed E-state index contributed by atoms with van der Waals surface area (Å²) in [6.45, 7) is 5.43. The van der Waals surface area contributed by atoms with Crippen molar-refractivity contribution < 1.29 is 4.79 Å². The lowest BCUT2D eigenvalue weighted by molar-refractivity contribution is 0.249. The van der Waals surface area contributed by atoms with Crippen molar-refractivity contribution in [3.05, 3.63) is 0 Å². The summed E-state index contributed by atoms with van der Waals surface area (Å²) in [5, 5.41) is 6.79. The fourth-order valence-corrected chi connectivity index (χ4v) is 2.32. The topological polar surface area (TPSA) is 79.5 Å². The van der Waals surface area contributed by atoms with Crippen LogP contribution in [0.2, 0.25) is 0 Å². The number of aliphatic imine (C=N–C) groups is 1. The van der Waals surface area contributed by atoms with Crippen molar-refractivity contribution in [1.82, 2.24) is 10.6 Å². The number of carbonyl (C=O) groups excluding carboxylic acids is 1. The lowest BCUT2D eigenvalue weighted by Gasteiger charge is -2.28. The van der Waals surface area contributed by atoms with E-state index in [1.165, 1.54) is 0 Å². The minimum absolute atomic E-state index is 0.467. The molecule has 0 saturated carbocycles. The van der Waals surface area contributed by atoms with E-state index < -0.39 is 6.03 Å². The molecule has 5 nitrogen and oxygen atoms in total. The van der Waals surface area contributed by atoms with E-state index in [9.17, 15) is 4.79 Å². The Kier molecular flexibility index (Phi) is 4.74. The molecular formula is C9H18N4OS. The molecule has 0 radical (unpaired) electrons. The lowest BCUT2D eigenvalue weighted by Crippen LogP contribution is -2.41. The van der Waals surface area contributed by atoms with Crippen molar-refractivity contribution in [2.75, 3.05) is 18.8 Å². The SMILES string of the molecule is CC1CSC(=NCCNC(N)=O)NC1C. The fourth-order valence-electron chi connectivity index (χ4n) is 1.16. The largest absolute Gasteiger partial charge is 0.362 e. The van der Waals surface area contributed by atoms with Gasteiger partial charge in [-0.25, -0.2) is 4.79 Å². The Morgan fingerprint density at radius 2 is 2.47 bits per heavy atom. The number of primary amides is 1. The van der Waals surface area contributed by atoms with Crippen molar-refractivity contribution in [3.8, 4) is 0 Å². The highest BCUT2D eigenvalue weighted by Crippen LogP contribution is 2.18. The number of carbonyl (C=O) groups is 1. The summed E-state index contributed by atoms with van der Waals surface area (Å²) in [4.78, 5) is 14.7. The smallest absolute Gasteiger partial charge is 0.312 e. The molecule has 1 aliphatic heterocycles. The second kappa shape index (κ2) is 5.85. The van der Waals surface area contributed by atoms with Crippen molar-refractivity contribution in [2.24, 2.45) is 16.6 Å². The van der Waals surface area contributed by atoms with Gasteiger partial charge in [-0.3, -0.25) is 4.99 Å². The zero-order valence-electron chi connectivity index (χ0n) is 9.12. The zero-order chi connectivity index (χ0) is 11.3. The number of hydrogen-bond acceptors (Lipinski definition) is 3. The maximum absolute atomic E-state index is 10.4. The Bertz CT molecular complexity index is 256. The molecule has 0 bridgehead atoms. The molecule has 1 heterocycles. The standard InChI is InChI=1S/C9H18N4OS/c1-6-5-15-9(13-7(6)2)12-4-3-11-8(10)14/h6-7H,3-5H2,1-2H3,(H,12,13)(H3,10,11,14). The Morgan fingerprint density at radius 1 is 1.73 bits per heavy atom. The van der Waals surface area contributed by atoms with E-state index in [-0.39, 0.29) is 0 Å². The van der Waals surface area contributed by atoms with Gasteiger partial charge in [0.25, 0.3) is 0 Å². The Morgan fingerprint density at radius 3 is 3.07 bits per heavy atom. The first-order chi connectivity index (χ1) is 7.09. The van der Waals surface area contributed by atoms with Crippen LogP contribution in [0.25, 0.3) is 0 Å². The summed E-state index contributed by atoms with van der Waals surface area (Å²) in [5.41, 5.74) is 4.93. The van der Waals surface area contributed by atoms with E-state index in [1.54, 1.807) is 11.8 Å². The molecule has 2 amide bonds. The number of nitrogens with zero attached hydrogens (tertiary/aromatic N) is 1. The molecule has 2 unspecified atom stereocenters. The molecule has 0 spiro atoms. The zero-order valence-corrected chi connectivity index (χ0v) is 9.93. The monoisotopic (exact) mass is 230 g/mol. The van der Waals surface area contributed by atoms with Crippen LogP contribution < -0.4 is 16.4 Å². The van der Waals surface area contributed by atoms with Gasteiger partial charge in [-0.15, -0.1) is 0 Å². The molecule has 1 fully saturated rings. The second-order valence-corrected chi connectivity index (χ2v) is 4.71. The van der Waals surface area contributed by atoms with Gasteiger partial charge in [-0.2, -0.15) is 0 Å². The molecule has 0 aromatic rings. The summed E-state index contributed by atoms with van der Waals surface area (Å²) >= 11 is 1.73. The number of thioether (sulfide) groups is 1. The average molecular weight is 230 g/mol. The van der Waals surface area contributed by atoms with Gasteiger partial charge in [-0.1, -0.05) is 18.7 Å². The molecule has 1 rings (SSSR count). The summed E-state index contributed by atoms with van der Waals surface area (Å²) in [6, 6.07) is -0.0319. The predicted octanol–water partition coefficient (Wildman–Crippen LogP) is 0.372. The highest BCUT2D eigenvalue weighted by atomic mass is 32.2. The molecule has 15 heavy (non-hydrogen) atoms. The van der Waals surface area contributed by atoms with Crippen molar-refractivity contribution in [1.29, 1.82) is 0 Å². The number of amides is 2. The quantitative estimate of drug-likeness (QED) is 0.613. The van der Waals surface area contributed by atoms with Gasteiger partial charge < -0.3 is 16.4 Å². The van der Waals surface area contributed by atoms with Crippen LogP contribution in [0.5, 0.6) is 0 Å². The molecule has 0 aromatic carbocycles. The summed E-state index contributed by atoms with van der Waals surface area (Å²) in [7, 11) is 0. The number of urea groups is 1. The Labute approximate surface area is 94.3 Å². The van der Waals surface area contributed by atoms with Gasteiger partial charge in [-0.05, 0) is 12.8 Å². The van der Waals surface area contributed by atoms with Gasteiger partial charge >= 0.3 is 6.03 Å². The van der Waals surface area contributed by atoms with E-state index in [4.69, 9.17) is 5.73 Å². The summed E-state index contributed by atoms with van der Waals surface area (Å²) < 4.78 is 0. The van der Waals surface area contributed by atoms with Gasteiger partial charge in [0.15, 0.2) is 5.17 Å². The highest BCUT2D eigenvalue weighted by Gasteiger charge is 2.20. The first kappa shape index (κ1) is 12.2. The molecule has 6 heteroatoms. The molecular weight excluding hydrogens is 212 g/mol. The van der Waals surface area contributed by atoms with E-state index in [2.05, 4.69) is 29.5 Å². The van der Waals surface area contributed by atoms with Crippen molar-refractivity contribution in [2.45, 2.75) is 19.9 Å². The van der Waals surface area contributed by atoms with Gasteiger partial charge in [0.2, 0.25) is 0 Å². The molecule has 0 aromatic heterocycles. The molecule has 1 saturated heterocycles. The van der Waals surface area contributed by atoms with Crippen LogP contribution in [0.15, 0.2) is 4.99 Å². The van der Waals surface area contributed by atoms with E-state index in [0.717, 1.165) is 10.9 Å². The summed E-state index contributed by atoms with van der Waals surface area (Å²) in [5.74, 6) is 1.76. The number of rotatable bonds is 3. The van der Waals surface area contributed by atoms with Crippen LogP contribution in [-0.4, -0.2) is 36.1 Å². The van der Waals surface area contributed by atoms with Crippen LogP contribution in [0.1, 0.15) is 13.8 Å². The summed E-state index contributed by atoms with van der Waals surface area (Å²) in [6.07, 6.45) is 0. The number of hydrogen-bond donors (Lipinski definition) is 3. The molecule has 86 valence electrons. The molecule has 4 N–H and O–H groups in total. The first-order valence-corrected chi connectivity index (χ1v) is 6.05. The van der Waals surface area contributed by atoms with Crippen molar-refractivity contribution >= 4 is 23.0 Å². The predicted molar refractivity (Wildman–Crippen MR) is 64.1 cm³/mol. The number of nitrogens with one attached hydrogen (secondary N) is 2. The normalized spacial score (nSPS) is 28.5. The van der Waals surface area contributed by atoms with Crippen LogP contribution in [-0.2, 0) is 0 Å². The minimum Gasteiger partial charge on any atom is -0.362 e. The fraction of sp³-hybridized carbons (Fsp3) is 0.778. The highest BCUT2D eigenvalue weighted by molar-refractivity contribution is 8.13. The second-order valence-electron chi connectivity index (χ2n) is 3.70. The van der Waals surface area contributed by atoms with Gasteiger partial charge in [0, 0.05) is 18.3 Å². The third-order valence-corrected chi connectivity index (χ3v) is 3.57. The lowest BCUT2D eigenvalue weighted by atomic mass is 10.1. The Hall–Kier alpha value is -0.910. The number of amidine groups is 1. The van der Waals surface area contributed by atoms with Gasteiger partial charge in [0.05, 0.1) is 6.54 Å². The van der Waals surface area contributed by atoms with E-state index in [1.807, 2.05) is 0 Å². The first-order valence-electron chi connectivity index (χ1n) is 5.06. The van der Waals surface area contributed by atoms with Crippen LogP contribution in [0, 0.1) is 5.92 Å². The number of nitrogens with two attached hydrogens (primary N) is 1. The molecule has 2 atom stereocenters. The maximum atomic E-state index is 10.4. The third-order valence-electron chi connectivity index (χ3n) is 2.35. The van der Waals surface area contributed by atoms with Crippen LogP contribution in [0.3, 0.4) is 0 Å². The maximum Gasteiger partial charge on any atom is 0.312 e. The average Bonchev–Trinajstić information content (AvgIpc) is 2.18. The van der Waals surface area contributed by atoms with Gasteiger partial charge in [0.1, 0.15) is 0 Å². The van der Waals surface area contributed by atoms with E-state index >= 15 is 0 Å². The third kappa shape index (κ3) is 4.42. The van der Waals surface area contributed by atoms with Crippen molar-refractivity contribution in [3.63, 3.8) is 0 Å². The van der Waals surface area contributed by atoms with E-state index in [0.29, 0.717) is 25.0 Å². The molecule has 0 aliphatic carbocycles. The van der Waals surface area contributed by atoms with Crippen LogP contribution >= 0.6 is 11.8 Å². The minimum atomic E-state index is -0.499. The molecule has 1 aliphatic rings. The Balaban J connectivity index is 2.25.